The Morgan fingerprint density at radius 1 is 1.15 bits per heavy atom. The van der Waals surface area contributed by atoms with Gasteiger partial charge in [0.25, 0.3) is 5.91 Å². The van der Waals surface area contributed by atoms with E-state index < -0.39 is 16.0 Å². The molecule has 2 aliphatic rings. The predicted molar refractivity (Wildman–Crippen MR) is 95.3 cm³/mol. The summed E-state index contributed by atoms with van der Waals surface area (Å²) in [5, 5.41) is 8.81. The molecule has 2 fully saturated rings. The second kappa shape index (κ2) is 7.75. The van der Waals surface area contributed by atoms with Crippen LogP contribution in [0.1, 0.15) is 48.9 Å². The number of carboxylic acid groups (broad SMARTS) is 1. The topological polar surface area (TPSA) is 104 Å². The summed E-state index contributed by atoms with van der Waals surface area (Å²) < 4.78 is 27.0. The first-order valence-corrected chi connectivity index (χ1v) is 10.5. The second-order valence-electron chi connectivity index (χ2n) is 7.11. The normalized spacial score (nSPS) is 20.8. The number of aliphatic carboxylic acids is 1. The number of carbonyl (C=O) groups excluding carboxylic acids is 1. The Labute approximate surface area is 153 Å². The van der Waals surface area contributed by atoms with Crippen LogP contribution in [0.25, 0.3) is 0 Å². The van der Waals surface area contributed by atoms with Crippen LogP contribution in [-0.2, 0) is 14.8 Å². The van der Waals surface area contributed by atoms with Crippen LogP contribution in [0, 0.1) is 5.92 Å². The number of likely N-dealkylation sites (tertiary alicyclic amines) is 1. The number of hydrogen-bond donors (Lipinski definition) is 2. The van der Waals surface area contributed by atoms with Gasteiger partial charge >= 0.3 is 5.97 Å². The van der Waals surface area contributed by atoms with E-state index in [0.29, 0.717) is 25.1 Å². The first-order valence-electron chi connectivity index (χ1n) is 8.98. The van der Waals surface area contributed by atoms with Gasteiger partial charge in [-0.3, -0.25) is 9.59 Å². The summed E-state index contributed by atoms with van der Waals surface area (Å²) in [5.74, 6) is -0.750. The van der Waals surface area contributed by atoms with E-state index in [9.17, 15) is 18.0 Å². The minimum Gasteiger partial charge on any atom is -0.481 e. The van der Waals surface area contributed by atoms with Gasteiger partial charge in [0.05, 0.1) is 4.90 Å². The summed E-state index contributed by atoms with van der Waals surface area (Å²) in [4.78, 5) is 25.3. The standard InChI is InChI=1S/C18H24N2O5S/c21-17(22)10-3-13-2-1-11-20(12-13)18(23)14-4-8-16(9-5-14)26(24,25)19-15-6-7-15/h4-5,8-9,13,15,19H,1-3,6-7,10-12H2,(H,21,22). The number of amides is 1. The van der Waals surface area contributed by atoms with Crippen LogP contribution in [0.2, 0.25) is 0 Å². The molecule has 0 aromatic heterocycles. The maximum absolute atomic E-state index is 12.7. The van der Waals surface area contributed by atoms with E-state index in [1.807, 2.05) is 0 Å². The van der Waals surface area contributed by atoms with Gasteiger partial charge in [0, 0.05) is 31.1 Å². The van der Waals surface area contributed by atoms with Gasteiger partial charge in [0.1, 0.15) is 0 Å². The fourth-order valence-corrected chi connectivity index (χ4v) is 4.57. The molecule has 1 unspecified atom stereocenters. The Bertz CT molecular complexity index is 771. The van der Waals surface area contributed by atoms with Crippen LogP contribution in [0.15, 0.2) is 29.2 Å². The summed E-state index contributed by atoms with van der Waals surface area (Å²) in [5.41, 5.74) is 0.453. The molecule has 7 nitrogen and oxygen atoms in total. The van der Waals surface area contributed by atoms with E-state index in [1.54, 1.807) is 17.0 Å². The van der Waals surface area contributed by atoms with E-state index in [-0.39, 0.29) is 29.2 Å². The zero-order chi connectivity index (χ0) is 18.7. The number of carbonyl (C=O) groups is 2. The van der Waals surface area contributed by atoms with E-state index in [1.165, 1.54) is 12.1 Å². The fraction of sp³-hybridized carbons (Fsp3) is 0.556. The van der Waals surface area contributed by atoms with Gasteiger partial charge in [-0.05, 0) is 62.3 Å². The molecule has 1 atom stereocenters. The number of carboxylic acids is 1. The molecule has 1 aliphatic heterocycles. The lowest BCUT2D eigenvalue weighted by Gasteiger charge is -2.32. The van der Waals surface area contributed by atoms with Gasteiger partial charge in [0.2, 0.25) is 10.0 Å². The van der Waals surface area contributed by atoms with E-state index in [4.69, 9.17) is 5.11 Å². The van der Waals surface area contributed by atoms with Crippen LogP contribution in [0.3, 0.4) is 0 Å². The predicted octanol–water partition coefficient (Wildman–Crippen LogP) is 1.84. The molecule has 142 valence electrons. The monoisotopic (exact) mass is 380 g/mol. The van der Waals surface area contributed by atoms with Gasteiger partial charge in [-0.25, -0.2) is 13.1 Å². The van der Waals surface area contributed by atoms with Crippen molar-refractivity contribution in [1.29, 1.82) is 0 Å². The van der Waals surface area contributed by atoms with Crippen molar-refractivity contribution in [3.05, 3.63) is 29.8 Å². The average molecular weight is 380 g/mol. The molecule has 8 heteroatoms. The molecule has 1 aliphatic carbocycles. The molecule has 1 heterocycles. The fourth-order valence-electron chi connectivity index (χ4n) is 3.26. The maximum Gasteiger partial charge on any atom is 0.303 e. The number of rotatable bonds is 7. The Kier molecular flexibility index (Phi) is 5.62. The Morgan fingerprint density at radius 3 is 2.46 bits per heavy atom. The molecule has 26 heavy (non-hydrogen) atoms. The largest absolute Gasteiger partial charge is 0.481 e. The highest BCUT2D eigenvalue weighted by atomic mass is 32.2. The second-order valence-corrected chi connectivity index (χ2v) is 8.83. The van der Waals surface area contributed by atoms with Crippen molar-refractivity contribution >= 4 is 21.9 Å². The zero-order valence-electron chi connectivity index (χ0n) is 14.6. The quantitative estimate of drug-likeness (QED) is 0.751. The number of hydrogen-bond acceptors (Lipinski definition) is 4. The SMILES string of the molecule is O=C(O)CCC1CCCN(C(=O)c2ccc(S(=O)(=O)NC3CC3)cc2)C1. The third-order valence-electron chi connectivity index (χ3n) is 4.88. The van der Waals surface area contributed by atoms with Crippen molar-refractivity contribution in [2.45, 2.75) is 49.5 Å². The number of piperidine rings is 1. The smallest absolute Gasteiger partial charge is 0.303 e. The number of nitrogens with one attached hydrogen (secondary N) is 1. The highest BCUT2D eigenvalue weighted by Crippen LogP contribution is 2.24. The third-order valence-corrected chi connectivity index (χ3v) is 6.42. The van der Waals surface area contributed by atoms with Crippen LogP contribution < -0.4 is 4.72 Å². The summed E-state index contributed by atoms with van der Waals surface area (Å²) in [6.45, 7) is 1.20. The van der Waals surface area contributed by atoms with Crippen LogP contribution in [0.4, 0.5) is 0 Å². The number of benzene rings is 1. The van der Waals surface area contributed by atoms with Crippen molar-refractivity contribution in [3.63, 3.8) is 0 Å². The minimum atomic E-state index is -3.52. The molecule has 2 N–H and O–H groups in total. The Balaban J connectivity index is 1.62. The molecular formula is C18H24N2O5S. The molecule has 0 radical (unpaired) electrons. The lowest BCUT2D eigenvalue weighted by molar-refractivity contribution is -0.137. The van der Waals surface area contributed by atoms with Crippen molar-refractivity contribution in [3.8, 4) is 0 Å². The van der Waals surface area contributed by atoms with Crippen LogP contribution in [0.5, 0.6) is 0 Å². The zero-order valence-corrected chi connectivity index (χ0v) is 15.4. The van der Waals surface area contributed by atoms with Crippen LogP contribution >= 0.6 is 0 Å². The Hall–Kier alpha value is -1.93. The van der Waals surface area contributed by atoms with Gasteiger partial charge in [0.15, 0.2) is 0 Å². The van der Waals surface area contributed by atoms with E-state index in [0.717, 1.165) is 25.7 Å². The van der Waals surface area contributed by atoms with Crippen LogP contribution in [-0.4, -0.2) is 49.4 Å². The highest BCUT2D eigenvalue weighted by molar-refractivity contribution is 7.89. The van der Waals surface area contributed by atoms with E-state index in [2.05, 4.69) is 4.72 Å². The molecule has 1 aromatic carbocycles. The van der Waals surface area contributed by atoms with Crippen molar-refractivity contribution < 1.29 is 23.1 Å². The third kappa shape index (κ3) is 4.82. The minimum absolute atomic E-state index is 0.0393. The van der Waals surface area contributed by atoms with Gasteiger partial charge in [-0.15, -0.1) is 0 Å². The highest BCUT2D eigenvalue weighted by Gasteiger charge is 2.28. The van der Waals surface area contributed by atoms with Crippen molar-refractivity contribution in [1.82, 2.24) is 9.62 Å². The molecular weight excluding hydrogens is 356 g/mol. The van der Waals surface area contributed by atoms with Gasteiger partial charge in [-0.2, -0.15) is 0 Å². The number of sulfonamides is 1. The molecule has 0 bridgehead atoms. The summed E-state index contributed by atoms with van der Waals surface area (Å²) in [6.07, 6.45) is 4.22. The molecule has 0 spiro atoms. The first kappa shape index (κ1) is 18.8. The summed E-state index contributed by atoms with van der Waals surface area (Å²) >= 11 is 0. The Morgan fingerprint density at radius 2 is 1.85 bits per heavy atom. The van der Waals surface area contributed by atoms with E-state index >= 15 is 0 Å². The summed E-state index contributed by atoms with van der Waals surface area (Å²) in [7, 11) is -3.52. The average Bonchev–Trinajstić information content (AvgIpc) is 3.43. The molecule has 1 saturated carbocycles. The molecule has 1 amide bonds. The number of nitrogens with zero attached hydrogens (tertiary/aromatic N) is 1. The van der Waals surface area contributed by atoms with Crippen molar-refractivity contribution in [2.75, 3.05) is 13.1 Å². The summed E-state index contributed by atoms with van der Waals surface area (Å²) in [6, 6.07) is 6.06. The lowest BCUT2D eigenvalue weighted by atomic mass is 9.93. The first-order chi connectivity index (χ1) is 12.3. The molecule has 1 aromatic rings. The van der Waals surface area contributed by atoms with Gasteiger partial charge < -0.3 is 10.0 Å². The lowest BCUT2D eigenvalue weighted by Crippen LogP contribution is -2.40. The molecule has 3 rings (SSSR count). The maximum atomic E-state index is 12.7. The van der Waals surface area contributed by atoms with Crippen molar-refractivity contribution in [2.24, 2.45) is 5.92 Å². The van der Waals surface area contributed by atoms with Gasteiger partial charge in [-0.1, -0.05) is 0 Å². The molecule has 1 saturated heterocycles.